The zero-order chi connectivity index (χ0) is 15.5. The van der Waals surface area contributed by atoms with Crippen LogP contribution in [0.1, 0.15) is 30.1 Å². The van der Waals surface area contributed by atoms with Crippen LogP contribution >= 0.6 is 11.6 Å². The number of aromatic nitrogens is 1. The van der Waals surface area contributed by atoms with Gasteiger partial charge in [-0.15, -0.1) is 0 Å². The summed E-state index contributed by atoms with van der Waals surface area (Å²) in [5.41, 5.74) is 0.336. The lowest BCUT2D eigenvalue weighted by molar-refractivity contribution is 0.0923. The molecular formula is C13H18ClN3O3S. The van der Waals surface area contributed by atoms with Crippen LogP contribution in [0.25, 0.3) is 0 Å². The first-order valence-corrected chi connectivity index (χ1v) is 8.82. The highest BCUT2D eigenvalue weighted by Gasteiger charge is 2.27. The maximum atomic E-state index is 12.1. The van der Waals surface area contributed by atoms with E-state index in [1.165, 1.54) is 10.5 Å². The SMILES string of the molecule is CCS(=O)(=O)N1CCC(NC(=O)c2cccnc2Cl)CC1. The van der Waals surface area contributed by atoms with Gasteiger partial charge in [0.05, 0.1) is 11.3 Å². The summed E-state index contributed by atoms with van der Waals surface area (Å²) >= 11 is 5.88. The lowest BCUT2D eigenvalue weighted by Gasteiger charge is -2.31. The van der Waals surface area contributed by atoms with Gasteiger partial charge < -0.3 is 5.32 Å². The van der Waals surface area contributed by atoms with E-state index >= 15 is 0 Å². The van der Waals surface area contributed by atoms with Gasteiger partial charge in [-0.3, -0.25) is 4.79 Å². The standard InChI is InChI=1S/C13H18ClN3O3S/c1-2-21(19,20)17-8-5-10(6-9-17)16-13(18)11-4-3-7-15-12(11)14/h3-4,7,10H,2,5-6,8-9H2,1H3,(H,16,18). The highest BCUT2D eigenvalue weighted by Crippen LogP contribution is 2.16. The Labute approximate surface area is 129 Å². The Morgan fingerprint density at radius 2 is 2.14 bits per heavy atom. The Hall–Kier alpha value is -1.18. The van der Waals surface area contributed by atoms with Crippen LogP contribution in [-0.2, 0) is 10.0 Å². The predicted molar refractivity (Wildman–Crippen MR) is 80.8 cm³/mol. The van der Waals surface area contributed by atoms with Crippen LogP contribution in [0, 0.1) is 0 Å². The molecule has 0 aromatic carbocycles. The maximum absolute atomic E-state index is 12.1. The summed E-state index contributed by atoms with van der Waals surface area (Å²) in [7, 11) is -3.14. The fourth-order valence-electron chi connectivity index (χ4n) is 2.28. The molecule has 6 nitrogen and oxygen atoms in total. The summed E-state index contributed by atoms with van der Waals surface area (Å²) in [6.07, 6.45) is 2.72. The fraction of sp³-hybridized carbons (Fsp3) is 0.538. The molecule has 1 N–H and O–H groups in total. The van der Waals surface area contributed by atoms with Gasteiger partial charge in [0.25, 0.3) is 5.91 Å². The van der Waals surface area contributed by atoms with Gasteiger partial charge in [0.15, 0.2) is 0 Å². The van der Waals surface area contributed by atoms with Crippen LogP contribution in [0.3, 0.4) is 0 Å². The Kier molecular flexibility index (Phi) is 5.18. The van der Waals surface area contributed by atoms with E-state index in [1.807, 2.05) is 0 Å². The molecule has 21 heavy (non-hydrogen) atoms. The number of piperidine rings is 1. The van der Waals surface area contributed by atoms with Gasteiger partial charge in [0, 0.05) is 25.3 Å². The Morgan fingerprint density at radius 1 is 1.48 bits per heavy atom. The van der Waals surface area contributed by atoms with Gasteiger partial charge in [0.2, 0.25) is 10.0 Å². The van der Waals surface area contributed by atoms with Crippen molar-refractivity contribution in [2.24, 2.45) is 0 Å². The van der Waals surface area contributed by atoms with E-state index in [2.05, 4.69) is 10.3 Å². The summed E-state index contributed by atoms with van der Waals surface area (Å²) in [4.78, 5) is 16.0. The summed E-state index contributed by atoms with van der Waals surface area (Å²) in [5.74, 6) is -0.167. The topological polar surface area (TPSA) is 79.4 Å². The first-order valence-electron chi connectivity index (χ1n) is 6.83. The largest absolute Gasteiger partial charge is 0.349 e. The van der Waals surface area contributed by atoms with Crippen molar-refractivity contribution in [3.05, 3.63) is 29.0 Å². The van der Waals surface area contributed by atoms with Crippen LogP contribution in [-0.4, -0.2) is 48.5 Å². The molecule has 1 fully saturated rings. The molecule has 1 saturated heterocycles. The molecule has 2 rings (SSSR count). The zero-order valence-electron chi connectivity index (χ0n) is 11.8. The molecule has 8 heteroatoms. The lowest BCUT2D eigenvalue weighted by atomic mass is 10.1. The van der Waals surface area contributed by atoms with E-state index in [0.717, 1.165) is 0 Å². The van der Waals surface area contributed by atoms with Crippen molar-refractivity contribution in [2.75, 3.05) is 18.8 Å². The molecule has 0 atom stereocenters. The molecule has 1 aromatic heterocycles. The molecule has 0 spiro atoms. The number of amides is 1. The summed E-state index contributed by atoms with van der Waals surface area (Å²) in [5, 5.41) is 3.05. The molecule has 2 heterocycles. The monoisotopic (exact) mass is 331 g/mol. The Bertz CT molecular complexity index is 613. The van der Waals surface area contributed by atoms with E-state index < -0.39 is 10.0 Å². The van der Waals surface area contributed by atoms with E-state index in [4.69, 9.17) is 11.6 Å². The predicted octanol–water partition coefficient (Wildman–Crippen LogP) is 1.28. The van der Waals surface area contributed by atoms with Gasteiger partial charge in [-0.05, 0) is 31.9 Å². The Balaban J connectivity index is 1.92. The van der Waals surface area contributed by atoms with Crippen molar-refractivity contribution >= 4 is 27.5 Å². The van der Waals surface area contributed by atoms with Crippen molar-refractivity contribution < 1.29 is 13.2 Å². The molecule has 116 valence electrons. The average Bonchev–Trinajstić information content (AvgIpc) is 2.48. The quantitative estimate of drug-likeness (QED) is 0.843. The van der Waals surface area contributed by atoms with E-state index in [-0.39, 0.29) is 22.9 Å². The van der Waals surface area contributed by atoms with E-state index in [0.29, 0.717) is 31.5 Å². The second kappa shape index (κ2) is 6.72. The van der Waals surface area contributed by atoms with Crippen LogP contribution in [0.4, 0.5) is 0 Å². The van der Waals surface area contributed by atoms with Crippen molar-refractivity contribution in [1.29, 1.82) is 0 Å². The Morgan fingerprint density at radius 3 is 2.71 bits per heavy atom. The number of carbonyl (C=O) groups is 1. The van der Waals surface area contributed by atoms with Gasteiger partial charge in [-0.1, -0.05) is 11.6 Å². The van der Waals surface area contributed by atoms with Crippen LogP contribution < -0.4 is 5.32 Å². The molecular weight excluding hydrogens is 314 g/mol. The van der Waals surface area contributed by atoms with Gasteiger partial charge in [0.1, 0.15) is 5.15 Å². The number of rotatable bonds is 4. The third kappa shape index (κ3) is 3.93. The van der Waals surface area contributed by atoms with Crippen molar-refractivity contribution in [3.63, 3.8) is 0 Å². The number of carbonyl (C=O) groups excluding carboxylic acids is 1. The number of nitrogens with zero attached hydrogens (tertiary/aromatic N) is 2. The molecule has 1 aliphatic heterocycles. The minimum Gasteiger partial charge on any atom is -0.349 e. The summed E-state index contributed by atoms with van der Waals surface area (Å²) in [6, 6.07) is 3.22. The first-order chi connectivity index (χ1) is 9.94. The molecule has 1 amide bonds. The molecule has 1 aliphatic rings. The summed E-state index contributed by atoms with van der Waals surface area (Å²) in [6.45, 7) is 2.50. The molecule has 0 bridgehead atoms. The van der Waals surface area contributed by atoms with Crippen molar-refractivity contribution in [1.82, 2.24) is 14.6 Å². The lowest BCUT2D eigenvalue weighted by Crippen LogP contribution is -2.46. The second-order valence-electron chi connectivity index (χ2n) is 4.89. The molecule has 0 radical (unpaired) electrons. The van der Waals surface area contributed by atoms with Crippen LogP contribution in [0.15, 0.2) is 18.3 Å². The molecule has 0 unspecified atom stereocenters. The van der Waals surface area contributed by atoms with E-state index in [1.54, 1.807) is 19.1 Å². The highest BCUT2D eigenvalue weighted by atomic mass is 35.5. The normalized spacial score (nSPS) is 17.6. The fourth-order valence-corrected chi connectivity index (χ4v) is 3.62. The number of pyridine rings is 1. The van der Waals surface area contributed by atoms with Gasteiger partial charge in [-0.25, -0.2) is 17.7 Å². The van der Waals surface area contributed by atoms with E-state index in [9.17, 15) is 13.2 Å². The van der Waals surface area contributed by atoms with Crippen LogP contribution in [0.5, 0.6) is 0 Å². The summed E-state index contributed by atoms with van der Waals surface area (Å²) < 4.78 is 25.0. The number of nitrogens with one attached hydrogen (secondary N) is 1. The van der Waals surface area contributed by atoms with Crippen LogP contribution in [0.2, 0.25) is 5.15 Å². The minimum absolute atomic E-state index is 0.0444. The first kappa shape index (κ1) is 16.2. The number of hydrogen-bond donors (Lipinski definition) is 1. The number of halogens is 1. The minimum atomic E-state index is -3.14. The van der Waals surface area contributed by atoms with Crippen molar-refractivity contribution in [3.8, 4) is 0 Å². The molecule has 0 aliphatic carbocycles. The smallest absolute Gasteiger partial charge is 0.254 e. The van der Waals surface area contributed by atoms with Gasteiger partial charge >= 0.3 is 0 Å². The highest BCUT2D eigenvalue weighted by molar-refractivity contribution is 7.89. The zero-order valence-corrected chi connectivity index (χ0v) is 13.3. The molecule has 1 aromatic rings. The van der Waals surface area contributed by atoms with Crippen molar-refractivity contribution in [2.45, 2.75) is 25.8 Å². The number of sulfonamides is 1. The molecule has 0 saturated carbocycles. The third-order valence-electron chi connectivity index (χ3n) is 3.55. The second-order valence-corrected chi connectivity index (χ2v) is 7.50. The van der Waals surface area contributed by atoms with Gasteiger partial charge in [-0.2, -0.15) is 0 Å². The maximum Gasteiger partial charge on any atom is 0.254 e. The average molecular weight is 332 g/mol. The third-order valence-corrected chi connectivity index (χ3v) is 5.73. The number of hydrogen-bond acceptors (Lipinski definition) is 4.